The predicted molar refractivity (Wildman–Crippen MR) is 109 cm³/mol. The van der Waals surface area contributed by atoms with Crippen molar-refractivity contribution in [3.8, 4) is 5.75 Å². The summed E-state index contributed by atoms with van der Waals surface area (Å²) < 4.78 is 43.7. The number of hydrogen-bond donors (Lipinski definition) is 1. The minimum atomic E-state index is -4.34. The Labute approximate surface area is 174 Å². The van der Waals surface area contributed by atoms with E-state index in [2.05, 4.69) is 26.7 Å². The van der Waals surface area contributed by atoms with Crippen molar-refractivity contribution >= 4 is 5.96 Å². The van der Waals surface area contributed by atoms with Crippen LogP contribution in [0.2, 0.25) is 0 Å². The molecule has 9 heteroatoms. The highest BCUT2D eigenvalue weighted by atomic mass is 19.4. The molecule has 1 aromatic carbocycles. The highest BCUT2D eigenvalue weighted by molar-refractivity contribution is 5.80. The Morgan fingerprint density at radius 2 is 2.07 bits per heavy atom. The van der Waals surface area contributed by atoms with E-state index in [1.165, 1.54) is 0 Å². The van der Waals surface area contributed by atoms with Gasteiger partial charge in [-0.3, -0.25) is 0 Å². The maximum absolute atomic E-state index is 12.3. The maximum atomic E-state index is 12.3. The van der Waals surface area contributed by atoms with E-state index >= 15 is 0 Å². The smallest absolute Gasteiger partial charge is 0.422 e. The highest BCUT2D eigenvalue weighted by Crippen LogP contribution is 2.27. The van der Waals surface area contributed by atoms with Crippen molar-refractivity contribution in [1.29, 1.82) is 0 Å². The van der Waals surface area contributed by atoms with E-state index in [9.17, 15) is 13.2 Å². The summed E-state index contributed by atoms with van der Waals surface area (Å²) in [5, 5.41) is 3.35. The van der Waals surface area contributed by atoms with E-state index in [1.54, 1.807) is 30.5 Å². The molecule has 6 nitrogen and oxygen atoms in total. The fourth-order valence-electron chi connectivity index (χ4n) is 3.54. The number of hydrogen-bond acceptors (Lipinski definition) is 3. The zero-order chi connectivity index (χ0) is 21.6. The van der Waals surface area contributed by atoms with E-state index in [0.717, 1.165) is 37.6 Å². The van der Waals surface area contributed by atoms with Crippen LogP contribution in [-0.4, -0.2) is 52.8 Å². The number of nitrogens with zero attached hydrogens (tertiary/aromatic N) is 4. The SMILES string of the molecule is CCNC(=NCc1ccc(OCC(F)(F)F)cc1)N1CCC(C)C(n2ccnc2)C1. The summed E-state index contributed by atoms with van der Waals surface area (Å²) in [5.74, 6) is 1.58. The molecule has 2 atom stereocenters. The second kappa shape index (κ2) is 9.86. The van der Waals surface area contributed by atoms with Gasteiger partial charge in [0, 0.05) is 32.0 Å². The number of likely N-dealkylation sites (tertiary alicyclic amines) is 1. The van der Waals surface area contributed by atoms with Crippen LogP contribution in [0, 0.1) is 5.92 Å². The standard InChI is InChI=1S/C21H28F3N5O/c1-3-26-20(28-10-8-16(2)19(13-28)29-11-9-25-15-29)27-12-17-4-6-18(7-5-17)30-14-21(22,23)24/h4-7,9,11,15-16,19H,3,8,10,12-14H2,1-2H3,(H,26,27). The minimum absolute atomic E-state index is 0.195. The van der Waals surface area contributed by atoms with Crippen LogP contribution in [0.15, 0.2) is 48.0 Å². The van der Waals surface area contributed by atoms with Gasteiger partial charge in [-0.05, 0) is 37.0 Å². The summed E-state index contributed by atoms with van der Waals surface area (Å²) in [7, 11) is 0. The van der Waals surface area contributed by atoms with Crippen molar-refractivity contribution < 1.29 is 17.9 Å². The molecule has 0 spiro atoms. The molecule has 3 rings (SSSR count). The van der Waals surface area contributed by atoms with Crippen LogP contribution in [0.1, 0.15) is 31.9 Å². The largest absolute Gasteiger partial charge is 0.484 e. The topological polar surface area (TPSA) is 54.7 Å². The summed E-state index contributed by atoms with van der Waals surface area (Å²) >= 11 is 0. The average Bonchev–Trinajstić information content (AvgIpc) is 3.25. The first-order valence-corrected chi connectivity index (χ1v) is 10.1. The molecule has 0 radical (unpaired) electrons. The molecule has 1 aliphatic heterocycles. The number of benzene rings is 1. The Bertz CT molecular complexity index is 805. The number of guanidine groups is 1. The molecule has 0 saturated carbocycles. The van der Waals surface area contributed by atoms with E-state index in [-0.39, 0.29) is 5.75 Å². The van der Waals surface area contributed by atoms with Gasteiger partial charge in [-0.1, -0.05) is 19.1 Å². The fraction of sp³-hybridized carbons (Fsp3) is 0.524. The maximum Gasteiger partial charge on any atom is 0.422 e. The second-order valence-electron chi connectivity index (χ2n) is 7.51. The molecule has 1 fully saturated rings. The molecule has 2 heterocycles. The minimum Gasteiger partial charge on any atom is -0.484 e. The zero-order valence-electron chi connectivity index (χ0n) is 17.3. The molecule has 1 aliphatic rings. The van der Waals surface area contributed by atoms with Gasteiger partial charge in [-0.25, -0.2) is 9.98 Å². The number of nitrogens with one attached hydrogen (secondary N) is 1. The molecule has 2 aromatic rings. The lowest BCUT2D eigenvalue weighted by Crippen LogP contribution is -2.49. The number of aromatic nitrogens is 2. The lowest BCUT2D eigenvalue weighted by atomic mass is 9.93. The van der Waals surface area contributed by atoms with Gasteiger partial charge in [-0.2, -0.15) is 13.2 Å². The molecule has 1 N–H and O–H groups in total. The molecule has 30 heavy (non-hydrogen) atoms. The third-order valence-corrected chi connectivity index (χ3v) is 5.20. The van der Waals surface area contributed by atoms with E-state index in [1.807, 2.05) is 19.4 Å². The monoisotopic (exact) mass is 423 g/mol. The Balaban J connectivity index is 1.64. The number of piperidine rings is 1. The van der Waals surface area contributed by atoms with Gasteiger partial charge in [0.1, 0.15) is 5.75 Å². The van der Waals surface area contributed by atoms with Crippen molar-refractivity contribution in [2.24, 2.45) is 10.9 Å². The van der Waals surface area contributed by atoms with Crippen LogP contribution >= 0.6 is 0 Å². The Morgan fingerprint density at radius 1 is 1.30 bits per heavy atom. The number of imidazole rings is 1. The van der Waals surface area contributed by atoms with E-state index < -0.39 is 12.8 Å². The second-order valence-corrected chi connectivity index (χ2v) is 7.51. The van der Waals surface area contributed by atoms with Crippen molar-refractivity contribution in [2.75, 3.05) is 26.2 Å². The third kappa shape index (κ3) is 6.14. The van der Waals surface area contributed by atoms with Crippen molar-refractivity contribution in [3.63, 3.8) is 0 Å². The quantitative estimate of drug-likeness (QED) is 0.566. The molecular weight excluding hydrogens is 395 g/mol. The van der Waals surface area contributed by atoms with Gasteiger partial charge < -0.3 is 19.5 Å². The molecular formula is C21H28F3N5O. The Morgan fingerprint density at radius 3 is 2.70 bits per heavy atom. The van der Waals surface area contributed by atoms with Crippen LogP contribution in [0.5, 0.6) is 5.75 Å². The molecule has 1 saturated heterocycles. The van der Waals surface area contributed by atoms with Gasteiger partial charge in [0.15, 0.2) is 12.6 Å². The number of halogens is 3. The van der Waals surface area contributed by atoms with E-state index in [4.69, 9.17) is 9.73 Å². The average molecular weight is 423 g/mol. The van der Waals surface area contributed by atoms with Crippen molar-refractivity contribution in [3.05, 3.63) is 48.5 Å². The molecule has 0 aliphatic carbocycles. The van der Waals surface area contributed by atoms with Crippen LogP contribution in [-0.2, 0) is 6.54 Å². The summed E-state index contributed by atoms with van der Waals surface area (Å²) in [4.78, 5) is 11.2. The fourth-order valence-corrected chi connectivity index (χ4v) is 3.54. The summed E-state index contributed by atoms with van der Waals surface area (Å²) in [6.07, 6.45) is 2.37. The first-order valence-electron chi connectivity index (χ1n) is 10.1. The summed E-state index contributed by atoms with van der Waals surface area (Å²) in [6.45, 7) is 5.95. The van der Waals surface area contributed by atoms with Crippen molar-refractivity contribution in [2.45, 2.75) is 39.0 Å². The van der Waals surface area contributed by atoms with E-state index in [0.29, 0.717) is 18.5 Å². The number of alkyl halides is 3. The van der Waals surface area contributed by atoms with Crippen LogP contribution in [0.4, 0.5) is 13.2 Å². The Kier molecular flexibility index (Phi) is 7.23. The van der Waals surface area contributed by atoms with Gasteiger partial charge >= 0.3 is 6.18 Å². The lowest BCUT2D eigenvalue weighted by molar-refractivity contribution is -0.153. The molecule has 1 aromatic heterocycles. The van der Waals surface area contributed by atoms with Gasteiger partial charge in [0.2, 0.25) is 0 Å². The van der Waals surface area contributed by atoms with Crippen LogP contribution in [0.3, 0.4) is 0 Å². The first kappa shape index (κ1) is 22.0. The predicted octanol–water partition coefficient (Wildman–Crippen LogP) is 3.87. The Hall–Kier alpha value is -2.71. The molecule has 2 unspecified atom stereocenters. The molecule has 0 amide bonds. The number of aliphatic imine (C=N–C) groups is 1. The van der Waals surface area contributed by atoms with Crippen LogP contribution < -0.4 is 10.1 Å². The molecule has 164 valence electrons. The lowest BCUT2D eigenvalue weighted by Gasteiger charge is -2.39. The van der Waals surface area contributed by atoms with Gasteiger partial charge in [-0.15, -0.1) is 0 Å². The third-order valence-electron chi connectivity index (χ3n) is 5.20. The van der Waals surface area contributed by atoms with Crippen molar-refractivity contribution in [1.82, 2.24) is 19.8 Å². The van der Waals surface area contributed by atoms with Crippen LogP contribution in [0.25, 0.3) is 0 Å². The summed E-state index contributed by atoms with van der Waals surface area (Å²) in [6, 6.07) is 6.90. The first-order chi connectivity index (χ1) is 14.4. The summed E-state index contributed by atoms with van der Waals surface area (Å²) in [5.41, 5.74) is 0.904. The van der Waals surface area contributed by atoms with Gasteiger partial charge in [0.05, 0.1) is 18.9 Å². The molecule has 0 bridgehead atoms. The van der Waals surface area contributed by atoms with Gasteiger partial charge in [0.25, 0.3) is 0 Å². The highest BCUT2D eigenvalue weighted by Gasteiger charge is 2.29. The number of ether oxygens (including phenoxy) is 1. The number of rotatable bonds is 6. The normalized spacial score (nSPS) is 20.3. The zero-order valence-corrected chi connectivity index (χ0v) is 17.3.